The zero-order valence-corrected chi connectivity index (χ0v) is 21.8. The summed E-state index contributed by atoms with van der Waals surface area (Å²) in [6.45, 7) is 3.72. The van der Waals surface area contributed by atoms with Gasteiger partial charge in [-0.25, -0.2) is 9.79 Å². The molecular weight excluding hydrogens is 488 g/mol. The SMILES string of the molecule is CCOC(=O)C1=C(C)N=c2s/c(=C\c3cccc4ccccc34)c(=O)n2[C@@H]1c1ccc(OC)c(OC)c1. The van der Waals surface area contributed by atoms with E-state index in [1.807, 2.05) is 54.6 Å². The Morgan fingerprint density at radius 3 is 2.57 bits per heavy atom. The normalized spacial score (nSPS) is 15.4. The van der Waals surface area contributed by atoms with Crippen molar-refractivity contribution in [3.8, 4) is 11.5 Å². The number of thiazole rings is 1. The first-order chi connectivity index (χ1) is 18.0. The molecule has 0 aliphatic carbocycles. The van der Waals surface area contributed by atoms with E-state index in [0.29, 0.717) is 37.7 Å². The van der Waals surface area contributed by atoms with Gasteiger partial charge in [0.1, 0.15) is 0 Å². The molecule has 1 atom stereocenters. The van der Waals surface area contributed by atoms with E-state index in [2.05, 4.69) is 4.99 Å². The van der Waals surface area contributed by atoms with Crippen LogP contribution in [-0.4, -0.2) is 31.4 Å². The third kappa shape index (κ3) is 4.34. The van der Waals surface area contributed by atoms with E-state index in [1.165, 1.54) is 11.3 Å². The molecule has 0 N–H and O–H groups in total. The van der Waals surface area contributed by atoms with E-state index in [0.717, 1.165) is 16.3 Å². The summed E-state index contributed by atoms with van der Waals surface area (Å²) >= 11 is 1.30. The molecule has 7 nitrogen and oxygen atoms in total. The molecule has 0 spiro atoms. The van der Waals surface area contributed by atoms with Crippen molar-refractivity contribution in [1.29, 1.82) is 0 Å². The van der Waals surface area contributed by atoms with Crippen LogP contribution in [-0.2, 0) is 9.53 Å². The van der Waals surface area contributed by atoms with Crippen LogP contribution >= 0.6 is 11.3 Å². The van der Waals surface area contributed by atoms with E-state index >= 15 is 0 Å². The molecule has 1 aliphatic heterocycles. The smallest absolute Gasteiger partial charge is 0.338 e. The van der Waals surface area contributed by atoms with Crippen molar-refractivity contribution < 1.29 is 19.0 Å². The van der Waals surface area contributed by atoms with Crippen molar-refractivity contribution in [1.82, 2.24) is 4.57 Å². The fourth-order valence-corrected chi connectivity index (χ4v) is 5.68. The van der Waals surface area contributed by atoms with Gasteiger partial charge in [-0.15, -0.1) is 0 Å². The first-order valence-electron chi connectivity index (χ1n) is 11.9. The number of fused-ring (bicyclic) bond motifs is 2. The first-order valence-corrected chi connectivity index (χ1v) is 12.7. The third-order valence-corrected chi connectivity index (χ3v) is 7.33. The highest BCUT2D eigenvalue weighted by molar-refractivity contribution is 7.07. The van der Waals surface area contributed by atoms with Crippen molar-refractivity contribution in [2.24, 2.45) is 4.99 Å². The number of hydrogen-bond acceptors (Lipinski definition) is 7. The quantitative estimate of drug-likeness (QED) is 0.364. The van der Waals surface area contributed by atoms with Gasteiger partial charge in [-0.2, -0.15) is 0 Å². The fourth-order valence-electron chi connectivity index (χ4n) is 4.65. The standard InChI is InChI=1S/C29H26N2O5S/c1-5-36-28(33)25-17(2)30-29-31(26(25)20-13-14-22(34-3)23(15-20)35-4)27(32)24(37-29)16-19-11-8-10-18-9-6-7-12-21(18)19/h6-16,26H,5H2,1-4H3/b24-16-/t26-/m1/s1. The lowest BCUT2D eigenvalue weighted by Crippen LogP contribution is -2.40. The minimum atomic E-state index is -0.732. The van der Waals surface area contributed by atoms with Crippen molar-refractivity contribution in [3.05, 3.63) is 103 Å². The molecule has 3 aromatic carbocycles. The van der Waals surface area contributed by atoms with Crippen LogP contribution in [0.2, 0.25) is 0 Å². The van der Waals surface area contributed by atoms with E-state index < -0.39 is 12.0 Å². The van der Waals surface area contributed by atoms with Crippen molar-refractivity contribution in [3.63, 3.8) is 0 Å². The van der Waals surface area contributed by atoms with Gasteiger partial charge in [-0.3, -0.25) is 9.36 Å². The van der Waals surface area contributed by atoms with Crippen LogP contribution in [0.5, 0.6) is 11.5 Å². The number of carbonyl (C=O) groups excluding carboxylic acids is 1. The van der Waals surface area contributed by atoms with Crippen LogP contribution in [0.4, 0.5) is 0 Å². The summed E-state index contributed by atoms with van der Waals surface area (Å²) in [5.41, 5.74) is 2.22. The lowest BCUT2D eigenvalue weighted by Gasteiger charge is -2.25. The van der Waals surface area contributed by atoms with E-state index in [4.69, 9.17) is 14.2 Å². The van der Waals surface area contributed by atoms with Gasteiger partial charge >= 0.3 is 5.97 Å². The molecule has 4 aromatic rings. The van der Waals surface area contributed by atoms with Gasteiger partial charge in [0.15, 0.2) is 16.3 Å². The van der Waals surface area contributed by atoms with Gasteiger partial charge in [0, 0.05) is 0 Å². The average Bonchev–Trinajstić information content (AvgIpc) is 3.21. The van der Waals surface area contributed by atoms with Gasteiger partial charge in [-0.1, -0.05) is 59.9 Å². The maximum atomic E-state index is 13.9. The van der Waals surface area contributed by atoms with Crippen LogP contribution in [0.3, 0.4) is 0 Å². The summed E-state index contributed by atoms with van der Waals surface area (Å²) < 4.78 is 18.4. The molecule has 0 saturated carbocycles. The summed E-state index contributed by atoms with van der Waals surface area (Å²) in [5.74, 6) is 0.538. The molecule has 37 heavy (non-hydrogen) atoms. The number of allylic oxidation sites excluding steroid dienone is 1. The van der Waals surface area contributed by atoms with E-state index in [-0.39, 0.29) is 12.2 Å². The number of benzene rings is 3. The molecule has 188 valence electrons. The third-order valence-electron chi connectivity index (χ3n) is 6.35. The zero-order chi connectivity index (χ0) is 26.1. The summed E-state index contributed by atoms with van der Waals surface area (Å²) in [6, 6.07) is 18.7. The van der Waals surface area contributed by atoms with Crippen LogP contribution in [0, 0.1) is 0 Å². The summed E-state index contributed by atoms with van der Waals surface area (Å²) in [5, 5.41) is 2.14. The predicted octanol–water partition coefficient (Wildman–Crippen LogP) is 3.97. The van der Waals surface area contributed by atoms with E-state index in [1.54, 1.807) is 44.8 Å². The number of methoxy groups -OCH3 is 2. The van der Waals surface area contributed by atoms with Gasteiger partial charge in [0.2, 0.25) is 0 Å². The molecule has 8 heteroatoms. The molecule has 0 radical (unpaired) electrons. The lowest BCUT2D eigenvalue weighted by molar-refractivity contribution is -0.139. The molecule has 0 bridgehead atoms. The Hall–Kier alpha value is -4.17. The van der Waals surface area contributed by atoms with Gasteiger partial charge < -0.3 is 14.2 Å². The molecule has 0 fully saturated rings. The number of nitrogens with zero attached hydrogens (tertiary/aromatic N) is 2. The highest BCUT2D eigenvalue weighted by Gasteiger charge is 2.33. The minimum absolute atomic E-state index is 0.208. The summed E-state index contributed by atoms with van der Waals surface area (Å²) in [7, 11) is 3.10. The lowest BCUT2D eigenvalue weighted by atomic mass is 9.95. The second-order valence-electron chi connectivity index (χ2n) is 8.49. The van der Waals surface area contributed by atoms with Gasteiger partial charge in [0.25, 0.3) is 5.56 Å². The van der Waals surface area contributed by atoms with Crippen LogP contribution in [0.1, 0.15) is 31.0 Å². The second kappa shape index (κ2) is 10.1. The van der Waals surface area contributed by atoms with Crippen molar-refractivity contribution >= 4 is 34.2 Å². The average molecular weight is 515 g/mol. The first kappa shape index (κ1) is 24.5. The maximum absolute atomic E-state index is 13.9. The van der Waals surface area contributed by atoms with Crippen LogP contribution in [0.15, 0.2) is 81.7 Å². The molecule has 0 unspecified atom stereocenters. The predicted molar refractivity (Wildman–Crippen MR) is 144 cm³/mol. The van der Waals surface area contributed by atoms with Gasteiger partial charge in [-0.05, 0) is 54.0 Å². The molecule has 1 aliphatic rings. The highest BCUT2D eigenvalue weighted by Crippen LogP contribution is 2.36. The topological polar surface area (TPSA) is 79.1 Å². The number of rotatable bonds is 6. The maximum Gasteiger partial charge on any atom is 0.338 e. The Kier molecular flexibility index (Phi) is 6.67. The fraction of sp³-hybridized carbons (Fsp3) is 0.207. The van der Waals surface area contributed by atoms with Gasteiger partial charge in [0.05, 0.1) is 42.7 Å². The summed E-state index contributed by atoms with van der Waals surface area (Å²) in [4.78, 5) is 32.2. The largest absolute Gasteiger partial charge is 0.493 e. The van der Waals surface area contributed by atoms with Crippen LogP contribution < -0.4 is 24.4 Å². The molecule has 5 rings (SSSR count). The summed E-state index contributed by atoms with van der Waals surface area (Å²) in [6.07, 6.45) is 1.89. The number of ether oxygens (including phenoxy) is 3. The Labute approximate surface area is 217 Å². The number of aromatic nitrogens is 1. The Bertz CT molecular complexity index is 1730. The zero-order valence-electron chi connectivity index (χ0n) is 21.0. The second-order valence-corrected chi connectivity index (χ2v) is 9.49. The Morgan fingerprint density at radius 2 is 1.81 bits per heavy atom. The van der Waals surface area contributed by atoms with Crippen molar-refractivity contribution in [2.75, 3.05) is 20.8 Å². The molecular formula is C29H26N2O5S. The number of carbonyl (C=O) groups is 1. The number of hydrogen-bond donors (Lipinski definition) is 0. The monoisotopic (exact) mass is 514 g/mol. The molecule has 2 heterocycles. The Morgan fingerprint density at radius 1 is 1.05 bits per heavy atom. The number of esters is 1. The van der Waals surface area contributed by atoms with Crippen LogP contribution in [0.25, 0.3) is 16.8 Å². The molecule has 0 amide bonds. The van der Waals surface area contributed by atoms with E-state index in [9.17, 15) is 9.59 Å². The molecule has 0 saturated heterocycles. The minimum Gasteiger partial charge on any atom is -0.493 e. The Balaban J connectivity index is 1.76. The highest BCUT2D eigenvalue weighted by atomic mass is 32.1. The molecule has 1 aromatic heterocycles. The van der Waals surface area contributed by atoms with Crippen molar-refractivity contribution in [2.45, 2.75) is 19.9 Å².